The van der Waals surface area contributed by atoms with Gasteiger partial charge >= 0.3 is 0 Å². The van der Waals surface area contributed by atoms with Crippen LogP contribution in [0.4, 0.5) is 0 Å². The van der Waals surface area contributed by atoms with Crippen LogP contribution in [0.15, 0.2) is 24.5 Å². The van der Waals surface area contributed by atoms with Gasteiger partial charge in [-0.1, -0.05) is 6.07 Å². The zero-order valence-corrected chi connectivity index (χ0v) is 10.7. The molecule has 1 aliphatic rings. The Morgan fingerprint density at radius 2 is 2.24 bits per heavy atom. The molecule has 2 unspecified atom stereocenters. The average molecular weight is 279 g/mol. The van der Waals surface area contributed by atoms with E-state index in [0.29, 0.717) is 6.54 Å². The van der Waals surface area contributed by atoms with Crippen LogP contribution < -0.4 is 5.32 Å². The Morgan fingerprint density at radius 3 is 2.76 bits per heavy atom. The Kier molecular flexibility index (Phi) is 4.88. The van der Waals surface area contributed by atoms with E-state index in [2.05, 4.69) is 10.3 Å². The van der Waals surface area contributed by atoms with Crippen LogP contribution in [0.25, 0.3) is 0 Å². The third kappa shape index (κ3) is 3.92. The summed E-state index contributed by atoms with van der Waals surface area (Å²) in [5.74, 6) is -0.133. The maximum absolute atomic E-state index is 11.3. The van der Waals surface area contributed by atoms with E-state index in [1.54, 1.807) is 12.4 Å². The summed E-state index contributed by atoms with van der Waals surface area (Å²) in [4.78, 5) is 3.96. The molecule has 0 saturated carbocycles. The minimum atomic E-state index is -3.08. The zero-order chi connectivity index (χ0) is 11.6. The van der Waals surface area contributed by atoms with E-state index < -0.39 is 15.9 Å². The number of sulfone groups is 1. The second kappa shape index (κ2) is 5.77. The molecule has 0 aliphatic carbocycles. The van der Waals surface area contributed by atoms with E-state index >= 15 is 0 Å². The van der Waals surface area contributed by atoms with E-state index in [9.17, 15) is 13.5 Å². The van der Waals surface area contributed by atoms with Crippen molar-refractivity contribution in [2.24, 2.45) is 0 Å². The number of aliphatic hydroxyl groups is 1. The Balaban J connectivity index is 0.00000144. The van der Waals surface area contributed by atoms with Gasteiger partial charge in [0, 0.05) is 25.0 Å². The number of rotatable bonds is 3. The number of hydrogen-bond acceptors (Lipinski definition) is 5. The molecule has 1 saturated heterocycles. The molecule has 2 N–H and O–H groups in total. The fraction of sp³-hybridized carbons (Fsp3) is 0.500. The van der Waals surface area contributed by atoms with Gasteiger partial charge < -0.3 is 10.4 Å². The first-order valence-corrected chi connectivity index (χ1v) is 6.90. The molecule has 5 nitrogen and oxygen atoms in total. The summed E-state index contributed by atoms with van der Waals surface area (Å²) in [6.45, 7) is 0.519. The first kappa shape index (κ1) is 14.4. The number of pyridine rings is 1. The number of aliphatic hydroxyl groups excluding tert-OH is 1. The lowest BCUT2D eigenvalue weighted by Crippen LogP contribution is -2.38. The van der Waals surface area contributed by atoms with Gasteiger partial charge in [0.1, 0.15) is 0 Å². The van der Waals surface area contributed by atoms with Crippen molar-refractivity contribution >= 4 is 22.2 Å². The molecule has 0 bridgehead atoms. The van der Waals surface area contributed by atoms with Crippen molar-refractivity contribution in [1.82, 2.24) is 10.3 Å². The molecule has 7 heteroatoms. The highest BCUT2D eigenvalue weighted by molar-refractivity contribution is 7.91. The van der Waals surface area contributed by atoms with E-state index in [-0.39, 0.29) is 30.0 Å². The van der Waals surface area contributed by atoms with Gasteiger partial charge in [-0.2, -0.15) is 0 Å². The minimum Gasteiger partial charge on any atom is -0.390 e. The fourth-order valence-electron chi connectivity index (χ4n) is 1.78. The summed E-state index contributed by atoms with van der Waals surface area (Å²) in [7, 11) is -3.08. The SMILES string of the molecule is Cl.O=S1(=O)CC(O)C(NCc2cccnc2)C1. The topological polar surface area (TPSA) is 79.3 Å². The number of nitrogens with one attached hydrogen (secondary N) is 1. The monoisotopic (exact) mass is 278 g/mol. The Morgan fingerprint density at radius 1 is 1.47 bits per heavy atom. The molecule has 2 atom stereocenters. The number of nitrogens with zero attached hydrogens (tertiary/aromatic N) is 1. The lowest BCUT2D eigenvalue weighted by Gasteiger charge is -2.14. The second-order valence-electron chi connectivity index (χ2n) is 3.99. The predicted octanol–water partition coefficient (Wildman–Crippen LogP) is -0.249. The van der Waals surface area contributed by atoms with Gasteiger partial charge in [0.2, 0.25) is 0 Å². The maximum atomic E-state index is 11.3. The van der Waals surface area contributed by atoms with Crippen LogP contribution in [0.3, 0.4) is 0 Å². The molecule has 0 amide bonds. The van der Waals surface area contributed by atoms with E-state index in [1.807, 2.05) is 12.1 Å². The molecule has 1 aliphatic heterocycles. The van der Waals surface area contributed by atoms with Gasteiger partial charge in [-0.3, -0.25) is 4.98 Å². The van der Waals surface area contributed by atoms with Crippen LogP contribution in [0, 0.1) is 0 Å². The summed E-state index contributed by atoms with van der Waals surface area (Å²) < 4.78 is 22.5. The summed E-state index contributed by atoms with van der Waals surface area (Å²) in [5, 5.41) is 12.6. The van der Waals surface area contributed by atoms with Gasteiger partial charge in [-0.15, -0.1) is 12.4 Å². The highest BCUT2D eigenvalue weighted by Gasteiger charge is 2.35. The van der Waals surface area contributed by atoms with E-state index in [0.717, 1.165) is 5.56 Å². The van der Waals surface area contributed by atoms with Crippen LogP contribution in [0.2, 0.25) is 0 Å². The lowest BCUT2D eigenvalue weighted by atomic mass is 10.2. The van der Waals surface area contributed by atoms with Crippen LogP contribution in [-0.2, 0) is 16.4 Å². The Labute approximate surface area is 107 Å². The molecule has 1 fully saturated rings. The van der Waals surface area contributed by atoms with Crippen molar-refractivity contribution < 1.29 is 13.5 Å². The Bertz CT molecular complexity index is 452. The van der Waals surface area contributed by atoms with Crippen molar-refractivity contribution in [3.8, 4) is 0 Å². The molecule has 0 radical (unpaired) electrons. The molecule has 0 aromatic carbocycles. The highest BCUT2D eigenvalue weighted by atomic mass is 35.5. The van der Waals surface area contributed by atoms with Gasteiger partial charge in [-0.05, 0) is 11.6 Å². The standard InChI is InChI=1S/C10H14N2O3S.ClH/c13-10-7-16(14,15)6-9(10)12-5-8-2-1-3-11-4-8;/h1-4,9-10,12-13H,5-7H2;1H. The van der Waals surface area contributed by atoms with Crippen molar-refractivity contribution in [1.29, 1.82) is 0 Å². The van der Waals surface area contributed by atoms with Crippen molar-refractivity contribution in [2.75, 3.05) is 11.5 Å². The predicted molar refractivity (Wildman–Crippen MR) is 66.8 cm³/mol. The smallest absolute Gasteiger partial charge is 0.154 e. The quantitative estimate of drug-likeness (QED) is 0.797. The van der Waals surface area contributed by atoms with E-state index in [4.69, 9.17) is 0 Å². The summed E-state index contributed by atoms with van der Waals surface area (Å²) in [5.41, 5.74) is 0.971. The molecule has 1 aromatic rings. The minimum absolute atomic E-state index is 0. The third-order valence-electron chi connectivity index (χ3n) is 2.61. The molecule has 1 aromatic heterocycles. The van der Waals surface area contributed by atoms with Crippen molar-refractivity contribution in [2.45, 2.75) is 18.7 Å². The molecule has 0 spiro atoms. The maximum Gasteiger partial charge on any atom is 0.154 e. The van der Waals surface area contributed by atoms with E-state index in [1.165, 1.54) is 0 Å². The van der Waals surface area contributed by atoms with Gasteiger partial charge in [0.15, 0.2) is 9.84 Å². The normalized spacial score (nSPS) is 26.4. The first-order valence-electron chi connectivity index (χ1n) is 5.07. The molecule has 2 rings (SSSR count). The number of hydrogen-bond donors (Lipinski definition) is 2. The van der Waals surface area contributed by atoms with Crippen LogP contribution in [0.5, 0.6) is 0 Å². The van der Waals surface area contributed by atoms with Crippen LogP contribution >= 0.6 is 12.4 Å². The number of aromatic nitrogens is 1. The Hall–Kier alpha value is -0.690. The van der Waals surface area contributed by atoms with Crippen molar-refractivity contribution in [3.63, 3.8) is 0 Å². The largest absolute Gasteiger partial charge is 0.390 e. The second-order valence-corrected chi connectivity index (χ2v) is 6.15. The molecular formula is C10H15ClN2O3S. The molecular weight excluding hydrogens is 264 g/mol. The molecule has 2 heterocycles. The first-order chi connectivity index (χ1) is 7.57. The summed E-state index contributed by atoms with van der Waals surface area (Å²) in [6.07, 6.45) is 2.59. The lowest BCUT2D eigenvalue weighted by molar-refractivity contribution is 0.165. The summed E-state index contributed by atoms with van der Waals surface area (Å²) >= 11 is 0. The molecule has 96 valence electrons. The van der Waals surface area contributed by atoms with Crippen LogP contribution in [-0.4, -0.2) is 42.2 Å². The van der Waals surface area contributed by atoms with Crippen molar-refractivity contribution in [3.05, 3.63) is 30.1 Å². The zero-order valence-electron chi connectivity index (χ0n) is 9.11. The summed E-state index contributed by atoms with van der Waals surface area (Å²) in [6, 6.07) is 3.35. The average Bonchev–Trinajstić information content (AvgIpc) is 2.50. The van der Waals surface area contributed by atoms with Crippen LogP contribution in [0.1, 0.15) is 5.56 Å². The fourth-order valence-corrected chi connectivity index (χ4v) is 3.55. The molecule has 17 heavy (non-hydrogen) atoms. The van der Waals surface area contributed by atoms with Gasteiger partial charge in [0.25, 0.3) is 0 Å². The van der Waals surface area contributed by atoms with Gasteiger partial charge in [-0.25, -0.2) is 8.42 Å². The third-order valence-corrected chi connectivity index (χ3v) is 4.33. The highest BCUT2D eigenvalue weighted by Crippen LogP contribution is 2.12. The van der Waals surface area contributed by atoms with Gasteiger partial charge in [0.05, 0.1) is 17.6 Å². The number of halogens is 1.